The van der Waals surface area contributed by atoms with Gasteiger partial charge in [-0.15, -0.1) is 0 Å². The van der Waals surface area contributed by atoms with Gasteiger partial charge in [-0.2, -0.15) is 0 Å². The molecule has 0 aliphatic carbocycles. The van der Waals surface area contributed by atoms with Crippen molar-refractivity contribution in [2.24, 2.45) is 0 Å². The van der Waals surface area contributed by atoms with Crippen molar-refractivity contribution >= 4 is 17.1 Å². The topological polar surface area (TPSA) is 38.2 Å². The normalized spacial score (nSPS) is 13.7. The van der Waals surface area contributed by atoms with Crippen LogP contribution in [0.4, 0.5) is 17.1 Å². The molecule has 0 saturated carbocycles. The fourth-order valence-electron chi connectivity index (χ4n) is 10.5. The summed E-state index contributed by atoms with van der Waals surface area (Å²) in [4.78, 5) is 12.8. The third-order valence-electron chi connectivity index (χ3n) is 14.4. The van der Waals surface area contributed by atoms with Gasteiger partial charge >= 0.3 is 0 Å². The van der Waals surface area contributed by atoms with Gasteiger partial charge in [-0.25, -0.2) is 0 Å². The van der Waals surface area contributed by atoms with E-state index in [4.69, 9.17) is 14.7 Å². The molecular weight excluding hydrogens is 851 g/mol. The molecule has 0 radical (unpaired) electrons. The van der Waals surface area contributed by atoms with Gasteiger partial charge in [-0.3, -0.25) is 9.97 Å². The molecule has 0 unspecified atom stereocenters. The number of hydrogen-bond acceptors (Lipinski definition) is 4. The highest BCUT2D eigenvalue weighted by atomic mass is 16.5. The summed E-state index contributed by atoms with van der Waals surface area (Å²) in [6, 6.07) is 54.1. The maximum Gasteiger partial charge on any atom is 0.128 e. The van der Waals surface area contributed by atoms with Crippen molar-refractivity contribution in [3.05, 3.63) is 219 Å². The highest BCUT2D eigenvalue weighted by molar-refractivity contribution is 5.90. The number of ether oxygens (including phenoxy) is 1. The second-order valence-electron chi connectivity index (χ2n) is 23.9. The second kappa shape index (κ2) is 17.6. The molecule has 0 bridgehead atoms. The lowest BCUT2D eigenvalue weighted by molar-refractivity contribution is 0.481. The van der Waals surface area contributed by atoms with Crippen LogP contribution in [-0.2, 0) is 27.1 Å². The zero-order valence-corrected chi connectivity index (χ0v) is 44.3. The number of aryl methyl sites for hydroxylation is 3. The number of anilines is 3. The number of benzene rings is 6. The Bertz CT molecular complexity index is 3150. The third-order valence-corrected chi connectivity index (χ3v) is 14.4. The summed E-state index contributed by atoms with van der Waals surface area (Å²) < 4.78 is 7.22. The molecule has 6 aromatic carbocycles. The molecule has 9 rings (SSSR count). The van der Waals surface area contributed by atoms with E-state index in [2.05, 4.69) is 248 Å². The summed E-state index contributed by atoms with van der Waals surface area (Å²) in [5.74, 6) is 1.49. The standard InChI is InChI=1S/C66H71N3O/c1-42-33-43(2)61(44(3)34-42)46-35-45(57-41-50(30-32-67-57)65(13,14)15)36-54(37-46)70-53-20-18-19-51(38-53)66(60-21-16-17-31-68-60)55-39-48(63(7,8)9)24-28-58(55)69(52-26-22-47(23-27-52)62(4,5)6)59-29-25-49(40-56(59)66)64(10,11)12/h16-41H,1-15H3. The van der Waals surface area contributed by atoms with Crippen LogP contribution in [0, 0.1) is 20.8 Å². The molecule has 4 heteroatoms. The lowest BCUT2D eigenvalue weighted by atomic mass is 9.62. The average Bonchev–Trinajstić information content (AvgIpc) is 3.29. The molecule has 0 atom stereocenters. The molecule has 0 N–H and O–H groups in total. The number of rotatable bonds is 7. The maximum absolute atomic E-state index is 7.22. The Kier molecular flexibility index (Phi) is 12.1. The minimum atomic E-state index is -0.851. The third kappa shape index (κ3) is 8.98. The van der Waals surface area contributed by atoms with Gasteiger partial charge in [0.15, 0.2) is 0 Å². The van der Waals surface area contributed by atoms with Crippen LogP contribution < -0.4 is 9.64 Å². The Hall–Kier alpha value is -6.78. The molecule has 0 saturated heterocycles. The van der Waals surface area contributed by atoms with Gasteiger partial charge in [-0.05, 0) is 182 Å². The van der Waals surface area contributed by atoms with Crippen molar-refractivity contribution in [2.45, 2.75) is 131 Å². The van der Waals surface area contributed by atoms with Gasteiger partial charge in [0.1, 0.15) is 11.5 Å². The minimum absolute atomic E-state index is 0.0242. The number of aromatic nitrogens is 2. The van der Waals surface area contributed by atoms with E-state index in [0.29, 0.717) is 0 Å². The Morgan fingerprint density at radius 3 is 1.56 bits per heavy atom. The van der Waals surface area contributed by atoms with Crippen LogP contribution in [0.5, 0.6) is 11.5 Å². The van der Waals surface area contributed by atoms with E-state index in [9.17, 15) is 0 Å². The molecule has 8 aromatic rings. The van der Waals surface area contributed by atoms with E-state index >= 15 is 0 Å². The van der Waals surface area contributed by atoms with E-state index in [1.165, 1.54) is 55.6 Å². The Morgan fingerprint density at radius 1 is 0.443 bits per heavy atom. The highest BCUT2D eigenvalue weighted by Crippen LogP contribution is 2.59. The molecule has 0 spiro atoms. The molecular formula is C66H71N3O. The molecule has 3 heterocycles. The summed E-state index contributed by atoms with van der Waals surface area (Å²) in [6.07, 6.45) is 3.88. The molecule has 0 amide bonds. The highest BCUT2D eigenvalue weighted by Gasteiger charge is 2.49. The smallest absolute Gasteiger partial charge is 0.128 e. The SMILES string of the molecule is Cc1cc(C)c(-c2cc(Oc3cccc(C4(c5ccccn5)c5cc(C(C)(C)C)ccc5N(c5ccc(C(C)(C)C)cc5)c5ccc(C(C)(C)C)cc54)c3)cc(-c3cc(C(C)(C)C)ccn3)c2)c(C)c1. The van der Waals surface area contributed by atoms with Gasteiger partial charge in [0.2, 0.25) is 0 Å². The molecule has 4 nitrogen and oxygen atoms in total. The molecule has 2 aromatic heterocycles. The van der Waals surface area contributed by atoms with Crippen molar-refractivity contribution in [3.63, 3.8) is 0 Å². The summed E-state index contributed by atoms with van der Waals surface area (Å²) >= 11 is 0. The van der Waals surface area contributed by atoms with Crippen LogP contribution in [0.3, 0.4) is 0 Å². The predicted octanol–water partition coefficient (Wildman–Crippen LogP) is 17.9. The lowest BCUT2D eigenvalue weighted by Crippen LogP contribution is -2.39. The molecule has 70 heavy (non-hydrogen) atoms. The van der Waals surface area contributed by atoms with E-state index in [-0.39, 0.29) is 21.7 Å². The first-order chi connectivity index (χ1) is 32.9. The van der Waals surface area contributed by atoms with Crippen LogP contribution in [0.15, 0.2) is 158 Å². The van der Waals surface area contributed by atoms with Gasteiger partial charge < -0.3 is 9.64 Å². The van der Waals surface area contributed by atoms with E-state index in [0.717, 1.165) is 56.6 Å². The summed E-state index contributed by atoms with van der Waals surface area (Å²) in [6.45, 7) is 34.0. The van der Waals surface area contributed by atoms with Crippen molar-refractivity contribution in [3.8, 4) is 33.9 Å². The Labute approximate surface area is 418 Å². The predicted molar refractivity (Wildman–Crippen MR) is 295 cm³/mol. The molecule has 1 aliphatic rings. The first-order valence-corrected chi connectivity index (χ1v) is 25.0. The zero-order valence-electron chi connectivity index (χ0n) is 44.3. The van der Waals surface area contributed by atoms with Crippen molar-refractivity contribution < 1.29 is 4.74 Å². The quantitative estimate of drug-likeness (QED) is 0.160. The van der Waals surface area contributed by atoms with Crippen LogP contribution in [-0.4, -0.2) is 9.97 Å². The minimum Gasteiger partial charge on any atom is -0.457 e. The number of pyridine rings is 2. The number of fused-ring (bicyclic) bond motifs is 2. The first kappa shape index (κ1) is 48.3. The van der Waals surface area contributed by atoms with Crippen molar-refractivity contribution in [1.29, 1.82) is 0 Å². The van der Waals surface area contributed by atoms with Crippen molar-refractivity contribution in [2.75, 3.05) is 4.90 Å². The largest absolute Gasteiger partial charge is 0.457 e. The van der Waals surface area contributed by atoms with Crippen LogP contribution >= 0.6 is 0 Å². The summed E-state index contributed by atoms with van der Waals surface area (Å²) in [5.41, 5.74) is 19.6. The number of hydrogen-bond donors (Lipinski definition) is 0. The lowest BCUT2D eigenvalue weighted by Gasteiger charge is -2.47. The zero-order chi connectivity index (χ0) is 50.1. The van der Waals surface area contributed by atoms with E-state index in [1.807, 2.05) is 18.5 Å². The van der Waals surface area contributed by atoms with Gasteiger partial charge in [0.25, 0.3) is 0 Å². The summed E-state index contributed by atoms with van der Waals surface area (Å²) in [7, 11) is 0. The van der Waals surface area contributed by atoms with Crippen LogP contribution in [0.1, 0.15) is 144 Å². The molecule has 356 valence electrons. The monoisotopic (exact) mass is 922 g/mol. The Balaban J connectivity index is 1.31. The molecule has 0 fully saturated rings. The van der Waals surface area contributed by atoms with Crippen LogP contribution in [0.2, 0.25) is 0 Å². The summed E-state index contributed by atoms with van der Waals surface area (Å²) in [5, 5.41) is 0. The van der Waals surface area contributed by atoms with Gasteiger partial charge in [-0.1, -0.05) is 155 Å². The second-order valence-corrected chi connectivity index (χ2v) is 23.9. The fourth-order valence-corrected chi connectivity index (χ4v) is 10.5. The fraction of sp³-hybridized carbons (Fsp3) is 0.303. The van der Waals surface area contributed by atoms with Crippen LogP contribution in [0.25, 0.3) is 22.4 Å². The molecule has 1 aliphatic heterocycles. The first-order valence-electron chi connectivity index (χ1n) is 25.0. The van der Waals surface area contributed by atoms with Gasteiger partial charge in [0, 0.05) is 23.6 Å². The average molecular weight is 922 g/mol. The maximum atomic E-state index is 7.22. The van der Waals surface area contributed by atoms with E-state index in [1.54, 1.807) is 0 Å². The Morgan fingerprint density at radius 2 is 1.00 bits per heavy atom. The number of nitrogens with zero attached hydrogens (tertiary/aromatic N) is 3. The van der Waals surface area contributed by atoms with Crippen molar-refractivity contribution in [1.82, 2.24) is 9.97 Å². The van der Waals surface area contributed by atoms with Gasteiger partial charge in [0.05, 0.1) is 28.2 Å². The van der Waals surface area contributed by atoms with E-state index < -0.39 is 5.41 Å².